The van der Waals surface area contributed by atoms with Gasteiger partial charge in [0.2, 0.25) is 0 Å². The summed E-state index contributed by atoms with van der Waals surface area (Å²) in [5.41, 5.74) is -0.0581. The van der Waals surface area contributed by atoms with Gasteiger partial charge in [0.1, 0.15) is 5.75 Å². The van der Waals surface area contributed by atoms with Crippen LogP contribution in [0.1, 0.15) is 24.2 Å². The quantitative estimate of drug-likeness (QED) is 0.647. The second-order valence-corrected chi connectivity index (χ2v) is 3.49. The molecule has 0 atom stereocenters. The van der Waals surface area contributed by atoms with Gasteiger partial charge in [-0.15, -0.1) is 0 Å². The van der Waals surface area contributed by atoms with Gasteiger partial charge in [-0.3, -0.25) is 4.79 Å². The molecule has 0 aromatic heterocycles. The third-order valence-corrected chi connectivity index (χ3v) is 1.85. The molecule has 67 valence electrons. The number of rotatable bonds is 0. The lowest BCUT2D eigenvalue weighted by molar-refractivity contribution is 0.0433. The van der Waals surface area contributed by atoms with Gasteiger partial charge in [0, 0.05) is 0 Å². The first kappa shape index (κ1) is 8.10. The Morgan fingerprint density at radius 3 is 3.08 bits per heavy atom. The molecule has 1 N–H and O–H groups in total. The highest BCUT2D eigenvalue weighted by atomic mass is 16.5. The van der Waals surface area contributed by atoms with E-state index in [2.05, 4.69) is 11.4 Å². The predicted octanol–water partition coefficient (Wildman–Crippen LogP) is 1.35. The molecule has 1 radical (unpaired) electrons. The van der Waals surface area contributed by atoms with E-state index in [0.29, 0.717) is 11.3 Å². The van der Waals surface area contributed by atoms with Crippen molar-refractivity contribution >= 4 is 5.91 Å². The minimum atomic E-state index is -0.626. The third kappa shape index (κ3) is 1.37. The average Bonchev–Trinajstić information content (AvgIpc) is 2.02. The van der Waals surface area contributed by atoms with Gasteiger partial charge in [-0.05, 0) is 32.0 Å². The molecular formula is C10H10NO2. The van der Waals surface area contributed by atoms with E-state index in [1.54, 1.807) is 32.0 Å². The van der Waals surface area contributed by atoms with E-state index in [9.17, 15) is 4.79 Å². The highest BCUT2D eigenvalue weighted by Gasteiger charge is 2.30. The first-order valence-electron chi connectivity index (χ1n) is 4.10. The summed E-state index contributed by atoms with van der Waals surface area (Å²) in [4.78, 5) is 11.5. The minimum Gasteiger partial charge on any atom is -0.468 e. The molecule has 1 aromatic carbocycles. The van der Waals surface area contributed by atoms with E-state index >= 15 is 0 Å². The van der Waals surface area contributed by atoms with Crippen LogP contribution in [0.25, 0.3) is 0 Å². The molecule has 0 unspecified atom stereocenters. The Balaban J connectivity index is 2.49. The summed E-state index contributed by atoms with van der Waals surface area (Å²) in [6, 6.07) is 7.94. The summed E-state index contributed by atoms with van der Waals surface area (Å²) in [5.74, 6) is 0.497. The fourth-order valence-electron chi connectivity index (χ4n) is 1.33. The van der Waals surface area contributed by atoms with Crippen molar-refractivity contribution in [2.24, 2.45) is 0 Å². The van der Waals surface area contributed by atoms with Crippen molar-refractivity contribution in [2.75, 3.05) is 0 Å². The van der Waals surface area contributed by atoms with Gasteiger partial charge < -0.3 is 10.1 Å². The Morgan fingerprint density at radius 1 is 1.54 bits per heavy atom. The highest BCUT2D eigenvalue weighted by Crippen LogP contribution is 2.26. The number of nitrogens with one attached hydrogen (secondary N) is 1. The summed E-state index contributed by atoms with van der Waals surface area (Å²) in [5, 5.41) is 2.74. The molecule has 1 amide bonds. The van der Waals surface area contributed by atoms with E-state index in [0.717, 1.165) is 0 Å². The van der Waals surface area contributed by atoms with Gasteiger partial charge in [-0.25, -0.2) is 0 Å². The zero-order valence-electron chi connectivity index (χ0n) is 7.55. The van der Waals surface area contributed by atoms with Gasteiger partial charge in [0.15, 0.2) is 5.72 Å². The molecule has 0 saturated heterocycles. The van der Waals surface area contributed by atoms with E-state index in [4.69, 9.17) is 4.74 Å². The van der Waals surface area contributed by atoms with Crippen LogP contribution >= 0.6 is 0 Å². The molecular weight excluding hydrogens is 166 g/mol. The number of fused-ring (bicyclic) bond motifs is 1. The molecule has 0 aliphatic carbocycles. The lowest BCUT2D eigenvalue weighted by Crippen LogP contribution is -2.51. The van der Waals surface area contributed by atoms with Gasteiger partial charge in [-0.2, -0.15) is 0 Å². The normalized spacial score (nSPS) is 18.5. The van der Waals surface area contributed by atoms with Crippen LogP contribution in [-0.2, 0) is 0 Å². The summed E-state index contributed by atoms with van der Waals surface area (Å²) >= 11 is 0. The number of benzene rings is 1. The van der Waals surface area contributed by atoms with Crippen molar-refractivity contribution in [2.45, 2.75) is 19.6 Å². The van der Waals surface area contributed by atoms with E-state index in [1.165, 1.54) is 0 Å². The van der Waals surface area contributed by atoms with Crippen LogP contribution in [0.2, 0.25) is 0 Å². The molecule has 3 nitrogen and oxygen atoms in total. The van der Waals surface area contributed by atoms with Crippen LogP contribution in [0.15, 0.2) is 18.2 Å². The molecule has 0 saturated carbocycles. The zero-order valence-corrected chi connectivity index (χ0v) is 7.55. The number of ether oxygens (including phenoxy) is 1. The predicted molar refractivity (Wildman–Crippen MR) is 47.5 cm³/mol. The Hall–Kier alpha value is -1.51. The van der Waals surface area contributed by atoms with Crippen LogP contribution in [-0.4, -0.2) is 11.6 Å². The van der Waals surface area contributed by atoms with Crippen LogP contribution in [0, 0.1) is 6.07 Å². The molecule has 1 heterocycles. The van der Waals surface area contributed by atoms with Crippen LogP contribution in [0.5, 0.6) is 5.75 Å². The van der Waals surface area contributed by atoms with Crippen molar-refractivity contribution in [1.82, 2.24) is 5.32 Å². The standard InChI is InChI=1S/C10H10NO2/c1-10(2)11-9(12)7-5-3-4-6-8(7)13-10/h3,5-6H,1-2H3,(H,11,12). The maximum Gasteiger partial charge on any atom is 0.258 e. The van der Waals surface area contributed by atoms with Crippen molar-refractivity contribution in [3.05, 3.63) is 29.8 Å². The number of amides is 1. The lowest BCUT2D eigenvalue weighted by atomic mass is 10.1. The van der Waals surface area contributed by atoms with Crippen molar-refractivity contribution in [3.63, 3.8) is 0 Å². The molecule has 1 aliphatic rings. The second-order valence-electron chi connectivity index (χ2n) is 3.49. The largest absolute Gasteiger partial charge is 0.468 e. The fraction of sp³-hybridized carbons (Fsp3) is 0.300. The van der Waals surface area contributed by atoms with Crippen LogP contribution < -0.4 is 10.1 Å². The number of hydrogen-bond acceptors (Lipinski definition) is 2. The maximum atomic E-state index is 11.5. The summed E-state index contributed by atoms with van der Waals surface area (Å²) in [6.45, 7) is 3.61. The van der Waals surface area contributed by atoms with E-state index in [1.807, 2.05) is 0 Å². The van der Waals surface area contributed by atoms with Gasteiger partial charge in [0.25, 0.3) is 5.91 Å². The molecule has 1 aliphatic heterocycles. The first-order valence-corrected chi connectivity index (χ1v) is 4.10. The lowest BCUT2D eigenvalue weighted by Gasteiger charge is -2.32. The molecule has 3 heteroatoms. The Kier molecular flexibility index (Phi) is 1.55. The van der Waals surface area contributed by atoms with Crippen molar-refractivity contribution in [1.29, 1.82) is 0 Å². The average molecular weight is 176 g/mol. The molecule has 2 rings (SSSR count). The number of hydrogen-bond donors (Lipinski definition) is 1. The SMILES string of the molecule is CC1(C)NC(=O)c2cc[c]cc2O1. The number of carbonyl (C=O) groups is 1. The molecule has 0 fully saturated rings. The number of carbonyl (C=O) groups excluding carboxylic acids is 1. The van der Waals surface area contributed by atoms with Gasteiger partial charge in [-0.1, -0.05) is 6.07 Å². The highest BCUT2D eigenvalue weighted by molar-refractivity contribution is 5.98. The van der Waals surface area contributed by atoms with Crippen LogP contribution in [0.4, 0.5) is 0 Å². The van der Waals surface area contributed by atoms with E-state index < -0.39 is 5.72 Å². The fourth-order valence-corrected chi connectivity index (χ4v) is 1.33. The monoisotopic (exact) mass is 176 g/mol. The Morgan fingerprint density at radius 2 is 2.31 bits per heavy atom. The molecule has 13 heavy (non-hydrogen) atoms. The molecule has 0 spiro atoms. The summed E-state index contributed by atoms with van der Waals surface area (Å²) in [6.07, 6.45) is 0. The molecule has 0 bridgehead atoms. The summed E-state index contributed by atoms with van der Waals surface area (Å²) in [7, 11) is 0. The topological polar surface area (TPSA) is 38.3 Å². The third-order valence-electron chi connectivity index (χ3n) is 1.85. The zero-order chi connectivity index (χ0) is 9.47. The second kappa shape index (κ2) is 2.49. The molecule has 1 aromatic rings. The van der Waals surface area contributed by atoms with Gasteiger partial charge in [0.05, 0.1) is 5.56 Å². The Labute approximate surface area is 76.7 Å². The summed E-state index contributed by atoms with van der Waals surface area (Å²) < 4.78 is 5.53. The van der Waals surface area contributed by atoms with Crippen molar-refractivity contribution < 1.29 is 9.53 Å². The maximum absolute atomic E-state index is 11.5. The van der Waals surface area contributed by atoms with E-state index in [-0.39, 0.29) is 5.91 Å². The minimum absolute atomic E-state index is 0.0970. The smallest absolute Gasteiger partial charge is 0.258 e. The first-order chi connectivity index (χ1) is 6.08. The van der Waals surface area contributed by atoms with Crippen LogP contribution in [0.3, 0.4) is 0 Å². The Bertz CT molecular complexity index is 358. The van der Waals surface area contributed by atoms with Crippen molar-refractivity contribution in [3.8, 4) is 5.75 Å². The van der Waals surface area contributed by atoms with Gasteiger partial charge >= 0.3 is 0 Å².